The van der Waals surface area contributed by atoms with Crippen molar-refractivity contribution in [3.63, 3.8) is 0 Å². The fourth-order valence-corrected chi connectivity index (χ4v) is 2.52. The molecule has 18 heavy (non-hydrogen) atoms. The fraction of sp³-hybridized carbons (Fsp3) is 0.308. The molecule has 0 fully saturated rings. The van der Waals surface area contributed by atoms with Crippen molar-refractivity contribution in [1.29, 1.82) is 0 Å². The predicted molar refractivity (Wildman–Crippen MR) is 72.2 cm³/mol. The van der Waals surface area contributed by atoms with Crippen LogP contribution < -0.4 is 5.32 Å². The van der Waals surface area contributed by atoms with E-state index in [2.05, 4.69) is 15.5 Å². The first-order chi connectivity index (χ1) is 8.79. The van der Waals surface area contributed by atoms with E-state index in [4.69, 9.17) is 16.3 Å². The average molecular weight is 264 g/mol. The normalized spacial score (nSPS) is 12.3. The van der Waals surface area contributed by atoms with Crippen molar-refractivity contribution in [2.24, 2.45) is 0 Å². The molecule has 0 aliphatic heterocycles. The molecule has 0 saturated carbocycles. The van der Waals surface area contributed by atoms with E-state index in [1.807, 2.05) is 18.2 Å². The smallest absolute Gasteiger partial charge is 0.152 e. The van der Waals surface area contributed by atoms with Crippen LogP contribution in [0.3, 0.4) is 0 Å². The maximum atomic E-state index is 6.02. The highest BCUT2D eigenvalue weighted by atomic mass is 35.5. The summed E-state index contributed by atoms with van der Waals surface area (Å²) >= 11 is 6.02. The average Bonchev–Trinajstić information content (AvgIpc) is 2.88. The maximum absolute atomic E-state index is 6.02. The minimum atomic E-state index is 0.667. The monoisotopic (exact) mass is 263 g/mol. The van der Waals surface area contributed by atoms with Gasteiger partial charge in [-0.2, -0.15) is 5.10 Å². The molecule has 5 heteroatoms. The first kappa shape index (κ1) is 11.6. The molecule has 1 aromatic carbocycles. The van der Waals surface area contributed by atoms with E-state index in [0.717, 1.165) is 29.5 Å². The summed E-state index contributed by atoms with van der Waals surface area (Å²) in [6.45, 7) is 1.42. The van der Waals surface area contributed by atoms with Crippen molar-refractivity contribution >= 4 is 17.4 Å². The summed E-state index contributed by atoms with van der Waals surface area (Å²) < 4.78 is 5.02. The van der Waals surface area contributed by atoms with E-state index in [0.29, 0.717) is 6.61 Å². The summed E-state index contributed by atoms with van der Waals surface area (Å²) in [5.41, 5.74) is 4.76. The summed E-state index contributed by atoms with van der Waals surface area (Å²) in [5.74, 6) is 0.911. The number of hydrogen-bond acceptors (Lipinski definition) is 3. The van der Waals surface area contributed by atoms with Crippen molar-refractivity contribution in [2.75, 3.05) is 25.6 Å². The maximum Gasteiger partial charge on any atom is 0.152 e. The Morgan fingerprint density at radius 1 is 1.50 bits per heavy atom. The summed E-state index contributed by atoms with van der Waals surface area (Å²) in [5, 5.41) is 11.5. The molecule has 1 aliphatic rings. The molecule has 2 N–H and O–H groups in total. The lowest BCUT2D eigenvalue weighted by Crippen LogP contribution is -2.09. The summed E-state index contributed by atoms with van der Waals surface area (Å²) in [7, 11) is 1.69. The summed E-state index contributed by atoms with van der Waals surface area (Å²) in [4.78, 5) is 0. The number of rotatable bonds is 4. The lowest BCUT2D eigenvalue weighted by atomic mass is 10.1. The second-order valence-electron chi connectivity index (χ2n) is 4.32. The Hall–Kier alpha value is -1.52. The van der Waals surface area contributed by atoms with Gasteiger partial charge in [0.25, 0.3) is 0 Å². The van der Waals surface area contributed by atoms with Gasteiger partial charge in [-0.05, 0) is 17.7 Å². The molecule has 1 heterocycles. The second-order valence-corrected chi connectivity index (χ2v) is 4.76. The van der Waals surface area contributed by atoms with Crippen LogP contribution in [0.2, 0.25) is 5.02 Å². The number of ether oxygens (including phenoxy) is 1. The number of anilines is 1. The Bertz CT molecular complexity index is 580. The molecule has 0 radical (unpaired) electrons. The van der Waals surface area contributed by atoms with Crippen LogP contribution in [0.5, 0.6) is 0 Å². The molecule has 3 rings (SSSR count). The Balaban J connectivity index is 1.88. The van der Waals surface area contributed by atoms with Crippen molar-refractivity contribution in [3.05, 3.63) is 34.3 Å². The molecule has 0 amide bonds. The molecule has 0 unspecified atom stereocenters. The zero-order valence-electron chi connectivity index (χ0n) is 10.1. The van der Waals surface area contributed by atoms with E-state index in [-0.39, 0.29) is 0 Å². The Morgan fingerprint density at radius 2 is 2.39 bits per heavy atom. The standard InChI is InChI=1S/C13H14ClN3O/c1-18-5-4-15-13-11-7-8-6-9(14)2-3-10(8)12(11)16-17-13/h2-3,6H,4-5,7H2,1H3,(H2,15,16,17). The summed E-state index contributed by atoms with van der Waals surface area (Å²) in [6, 6.07) is 5.97. The van der Waals surface area contributed by atoms with Crippen molar-refractivity contribution < 1.29 is 4.74 Å². The SMILES string of the molecule is COCCNc1n[nH]c2c1Cc1cc(Cl)ccc1-2. The molecule has 4 nitrogen and oxygen atoms in total. The van der Waals surface area contributed by atoms with Crippen LogP contribution in [0.4, 0.5) is 5.82 Å². The van der Waals surface area contributed by atoms with Gasteiger partial charge in [-0.1, -0.05) is 17.7 Å². The van der Waals surface area contributed by atoms with Gasteiger partial charge in [0.2, 0.25) is 0 Å². The Labute approximate surface area is 110 Å². The van der Waals surface area contributed by atoms with Crippen molar-refractivity contribution in [2.45, 2.75) is 6.42 Å². The molecule has 0 spiro atoms. The number of aromatic nitrogens is 2. The zero-order chi connectivity index (χ0) is 12.5. The van der Waals surface area contributed by atoms with Crippen LogP contribution in [0.15, 0.2) is 18.2 Å². The van der Waals surface area contributed by atoms with Gasteiger partial charge in [0, 0.05) is 36.2 Å². The van der Waals surface area contributed by atoms with Gasteiger partial charge >= 0.3 is 0 Å². The first-order valence-electron chi connectivity index (χ1n) is 5.88. The number of halogens is 1. The van der Waals surface area contributed by atoms with E-state index < -0.39 is 0 Å². The van der Waals surface area contributed by atoms with Crippen LogP contribution in [0.1, 0.15) is 11.1 Å². The van der Waals surface area contributed by atoms with Gasteiger partial charge in [-0.3, -0.25) is 5.10 Å². The molecule has 0 atom stereocenters. The molecule has 94 valence electrons. The number of aromatic amines is 1. The van der Waals surface area contributed by atoms with Gasteiger partial charge in [-0.15, -0.1) is 0 Å². The Kier molecular flexibility index (Phi) is 2.97. The highest BCUT2D eigenvalue weighted by Crippen LogP contribution is 2.39. The molecule has 1 aliphatic carbocycles. The molecule has 2 aromatic rings. The van der Waals surface area contributed by atoms with Gasteiger partial charge in [0.05, 0.1) is 12.3 Å². The Morgan fingerprint density at radius 3 is 3.22 bits per heavy atom. The van der Waals surface area contributed by atoms with Crippen LogP contribution in [0, 0.1) is 0 Å². The number of H-pyrrole nitrogens is 1. The van der Waals surface area contributed by atoms with Crippen LogP contribution in [-0.2, 0) is 11.2 Å². The van der Waals surface area contributed by atoms with Crippen molar-refractivity contribution in [1.82, 2.24) is 10.2 Å². The number of nitrogens with zero attached hydrogens (tertiary/aromatic N) is 1. The highest BCUT2D eigenvalue weighted by Gasteiger charge is 2.24. The first-order valence-corrected chi connectivity index (χ1v) is 6.26. The van der Waals surface area contributed by atoms with E-state index >= 15 is 0 Å². The third kappa shape index (κ3) is 1.87. The minimum Gasteiger partial charge on any atom is -0.383 e. The van der Waals surface area contributed by atoms with Crippen LogP contribution in [0.25, 0.3) is 11.3 Å². The van der Waals surface area contributed by atoms with Crippen molar-refractivity contribution in [3.8, 4) is 11.3 Å². The van der Waals surface area contributed by atoms with Crippen LogP contribution in [-0.4, -0.2) is 30.5 Å². The third-order valence-electron chi connectivity index (χ3n) is 3.17. The fourth-order valence-electron chi connectivity index (χ4n) is 2.32. The van der Waals surface area contributed by atoms with Gasteiger partial charge in [0.15, 0.2) is 5.82 Å². The predicted octanol–water partition coefficient (Wildman–Crippen LogP) is 2.69. The van der Waals surface area contributed by atoms with E-state index in [1.54, 1.807) is 7.11 Å². The topological polar surface area (TPSA) is 49.9 Å². The second kappa shape index (κ2) is 4.63. The minimum absolute atomic E-state index is 0.667. The van der Waals surface area contributed by atoms with Gasteiger partial charge in [0.1, 0.15) is 0 Å². The third-order valence-corrected chi connectivity index (χ3v) is 3.40. The highest BCUT2D eigenvalue weighted by molar-refractivity contribution is 6.30. The van der Waals surface area contributed by atoms with Gasteiger partial charge < -0.3 is 10.1 Å². The lowest BCUT2D eigenvalue weighted by molar-refractivity contribution is 0.210. The number of nitrogens with one attached hydrogen (secondary N) is 2. The quantitative estimate of drug-likeness (QED) is 0.712. The largest absolute Gasteiger partial charge is 0.383 e. The lowest BCUT2D eigenvalue weighted by Gasteiger charge is -2.03. The zero-order valence-corrected chi connectivity index (χ0v) is 10.8. The summed E-state index contributed by atoms with van der Waals surface area (Å²) in [6.07, 6.45) is 0.872. The van der Waals surface area contributed by atoms with Gasteiger partial charge in [-0.25, -0.2) is 0 Å². The number of benzene rings is 1. The molecule has 1 aromatic heterocycles. The molecular weight excluding hydrogens is 250 g/mol. The van der Waals surface area contributed by atoms with E-state index in [9.17, 15) is 0 Å². The van der Waals surface area contributed by atoms with Crippen LogP contribution >= 0.6 is 11.6 Å². The number of hydrogen-bond donors (Lipinski definition) is 2. The molecule has 0 bridgehead atoms. The number of fused-ring (bicyclic) bond motifs is 3. The molecule has 0 saturated heterocycles. The number of methoxy groups -OCH3 is 1. The van der Waals surface area contributed by atoms with E-state index in [1.165, 1.54) is 16.7 Å². The molecular formula is C13H14ClN3O.